The molecular weight excluding hydrogens is 482 g/mol. The van der Waals surface area contributed by atoms with Gasteiger partial charge in [0.2, 0.25) is 5.91 Å². The molecule has 196 valence electrons. The average molecular weight is 514 g/mol. The maximum atomic E-state index is 13.5. The summed E-state index contributed by atoms with van der Waals surface area (Å²) in [5.74, 6) is 1.91. The molecule has 5 rings (SSSR count). The Morgan fingerprint density at radius 1 is 1.00 bits per heavy atom. The number of benzene rings is 3. The normalized spacial score (nSPS) is 14.7. The molecule has 1 amide bonds. The highest BCUT2D eigenvalue weighted by molar-refractivity contribution is 5.81. The zero-order chi connectivity index (χ0) is 26.6. The number of fused-ring (bicyclic) bond motifs is 2. The van der Waals surface area contributed by atoms with Gasteiger partial charge in [0.25, 0.3) is 0 Å². The first-order chi connectivity index (χ1) is 18.5. The van der Waals surface area contributed by atoms with Gasteiger partial charge in [-0.15, -0.1) is 0 Å². The van der Waals surface area contributed by atoms with Crippen LogP contribution in [0.2, 0.25) is 0 Å². The minimum atomic E-state index is -0.399. The second kappa shape index (κ2) is 11.0. The highest BCUT2D eigenvalue weighted by Gasteiger charge is 2.32. The molecule has 0 unspecified atom stereocenters. The van der Waals surface area contributed by atoms with E-state index in [9.17, 15) is 9.59 Å². The van der Waals surface area contributed by atoms with Gasteiger partial charge in [0, 0.05) is 30.5 Å². The Bertz CT molecular complexity index is 1510. The molecule has 1 aromatic heterocycles. The zero-order valence-electron chi connectivity index (χ0n) is 21.9. The van der Waals surface area contributed by atoms with Crippen LogP contribution in [0.5, 0.6) is 17.2 Å². The monoisotopic (exact) mass is 513 g/mol. The van der Waals surface area contributed by atoms with Crippen molar-refractivity contribution in [2.24, 2.45) is 0 Å². The number of amides is 1. The third-order valence-electron chi connectivity index (χ3n) is 7.12. The van der Waals surface area contributed by atoms with Crippen LogP contribution < -0.4 is 19.8 Å². The molecule has 7 nitrogen and oxygen atoms in total. The third-order valence-corrected chi connectivity index (χ3v) is 7.12. The lowest BCUT2D eigenvalue weighted by Crippen LogP contribution is -2.42. The van der Waals surface area contributed by atoms with Crippen molar-refractivity contribution in [2.45, 2.75) is 32.2 Å². The molecule has 1 aliphatic heterocycles. The molecule has 0 fully saturated rings. The number of hydrogen-bond donors (Lipinski definition) is 0. The van der Waals surface area contributed by atoms with Crippen molar-refractivity contribution in [2.75, 3.05) is 27.4 Å². The number of aryl methyl sites for hydroxylation is 2. The summed E-state index contributed by atoms with van der Waals surface area (Å²) in [6.45, 7) is 2.69. The van der Waals surface area contributed by atoms with E-state index in [-0.39, 0.29) is 18.6 Å². The Kier molecular flexibility index (Phi) is 7.36. The van der Waals surface area contributed by atoms with E-state index in [2.05, 4.69) is 0 Å². The number of ether oxygens (including phenoxy) is 3. The summed E-state index contributed by atoms with van der Waals surface area (Å²) in [6.07, 6.45) is 1.79. The van der Waals surface area contributed by atoms with Crippen LogP contribution in [0.4, 0.5) is 0 Å². The first-order valence-electron chi connectivity index (χ1n) is 12.7. The van der Waals surface area contributed by atoms with Crippen LogP contribution in [0.3, 0.4) is 0 Å². The fourth-order valence-electron chi connectivity index (χ4n) is 5.12. The number of carbonyl (C=O) groups excluding carboxylic acids is 1. The van der Waals surface area contributed by atoms with E-state index in [1.54, 1.807) is 20.3 Å². The van der Waals surface area contributed by atoms with Gasteiger partial charge < -0.3 is 23.5 Å². The van der Waals surface area contributed by atoms with Crippen molar-refractivity contribution in [3.63, 3.8) is 0 Å². The number of nitrogens with zero attached hydrogens (tertiary/aromatic N) is 1. The van der Waals surface area contributed by atoms with Crippen LogP contribution in [0.1, 0.15) is 34.7 Å². The summed E-state index contributed by atoms with van der Waals surface area (Å²) in [6, 6.07) is 20.6. The lowest BCUT2D eigenvalue weighted by Gasteiger charge is -2.37. The van der Waals surface area contributed by atoms with Gasteiger partial charge in [0.05, 0.1) is 20.3 Å². The van der Waals surface area contributed by atoms with Crippen molar-refractivity contribution in [1.82, 2.24) is 4.90 Å². The second-order valence-corrected chi connectivity index (χ2v) is 9.46. The summed E-state index contributed by atoms with van der Waals surface area (Å²) < 4.78 is 22.7. The van der Waals surface area contributed by atoms with Gasteiger partial charge in [-0.1, -0.05) is 30.3 Å². The first kappa shape index (κ1) is 25.4. The largest absolute Gasteiger partial charge is 0.493 e. The number of rotatable bonds is 8. The maximum absolute atomic E-state index is 13.5. The molecule has 0 aliphatic carbocycles. The van der Waals surface area contributed by atoms with Crippen molar-refractivity contribution >= 4 is 16.9 Å². The molecule has 3 aromatic carbocycles. The predicted octanol–water partition coefficient (Wildman–Crippen LogP) is 5.26. The van der Waals surface area contributed by atoms with Crippen LogP contribution >= 0.6 is 0 Å². The van der Waals surface area contributed by atoms with Crippen LogP contribution in [-0.4, -0.2) is 38.2 Å². The zero-order valence-corrected chi connectivity index (χ0v) is 21.9. The quantitative estimate of drug-likeness (QED) is 0.299. The van der Waals surface area contributed by atoms with Gasteiger partial charge in [-0.3, -0.25) is 4.79 Å². The number of carbonyl (C=O) groups is 1. The summed E-state index contributed by atoms with van der Waals surface area (Å²) in [5.41, 5.74) is 4.13. The molecule has 0 spiro atoms. The Hall–Kier alpha value is -4.26. The molecule has 0 N–H and O–H groups in total. The van der Waals surface area contributed by atoms with E-state index >= 15 is 0 Å². The summed E-state index contributed by atoms with van der Waals surface area (Å²) in [7, 11) is 3.22. The fraction of sp³-hybridized carbons (Fsp3) is 0.290. The van der Waals surface area contributed by atoms with Gasteiger partial charge in [-0.05, 0) is 66.3 Å². The van der Waals surface area contributed by atoms with Crippen molar-refractivity contribution in [3.05, 3.63) is 99.4 Å². The Balaban J connectivity index is 1.43. The van der Waals surface area contributed by atoms with E-state index in [4.69, 9.17) is 18.6 Å². The lowest BCUT2D eigenvalue weighted by atomic mass is 9.91. The average Bonchev–Trinajstić information content (AvgIpc) is 2.93. The summed E-state index contributed by atoms with van der Waals surface area (Å²) >= 11 is 0. The predicted molar refractivity (Wildman–Crippen MR) is 145 cm³/mol. The topological polar surface area (TPSA) is 78.2 Å². The molecule has 0 radical (unpaired) electrons. The summed E-state index contributed by atoms with van der Waals surface area (Å²) in [4.78, 5) is 27.3. The SMILES string of the molecule is COc1cc2c(cc1OC)[C@H](COc1ccc3c(C)cc(=O)oc3c1)N(C(=O)CCc1ccccc1)CC2. The van der Waals surface area contributed by atoms with E-state index in [0.717, 1.165) is 27.6 Å². The van der Waals surface area contributed by atoms with Crippen LogP contribution in [0.25, 0.3) is 11.0 Å². The lowest BCUT2D eigenvalue weighted by molar-refractivity contribution is -0.134. The molecule has 0 saturated carbocycles. The van der Waals surface area contributed by atoms with E-state index in [1.165, 1.54) is 6.07 Å². The van der Waals surface area contributed by atoms with Gasteiger partial charge in [-0.2, -0.15) is 0 Å². The van der Waals surface area contributed by atoms with Crippen molar-refractivity contribution in [1.29, 1.82) is 0 Å². The van der Waals surface area contributed by atoms with Gasteiger partial charge in [-0.25, -0.2) is 4.79 Å². The number of methoxy groups -OCH3 is 2. The van der Waals surface area contributed by atoms with Crippen LogP contribution in [0, 0.1) is 6.92 Å². The molecule has 7 heteroatoms. The molecule has 1 atom stereocenters. The first-order valence-corrected chi connectivity index (χ1v) is 12.7. The molecule has 1 aliphatic rings. The third kappa shape index (κ3) is 5.23. The smallest absolute Gasteiger partial charge is 0.336 e. The molecule has 4 aromatic rings. The Morgan fingerprint density at radius 3 is 2.53 bits per heavy atom. The minimum Gasteiger partial charge on any atom is -0.493 e. The van der Waals surface area contributed by atoms with E-state index in [1.807, 2.05) is 66.4 Å². The van der Waals surface area contributed by atoms with Crippen LogP contribution in [0.15, 0.2) is 75.9 Å². The van der Waals surface area contributed by atoms with Crippen LogP contribution in [-0.2, 0) is 17.6 Å². The standard InChI is InChI=1S/C31H31NO6/c1-20-15-31(34)38-27-17-23(10-11-24(20)27)37-19-26-25-18-29(36-3)28(35-2)16-22(25)13-14-32(26)30(33)12-9-21-7-5-4-6-8-21/h4-8,10-11,15-18,26H,9,12-14,19H2,1-3H3/t26-/m0/s1. The molecular formula is C31H31NO6. The highest BCUT2D eigenvalue weighted by atomic mass is 16.5. The Labute approximate surface area is 221 Å². The number of hydrogen-bond acceptors (Lipinski definition) is 6. The summed E-state index contributed by atoms with van der Waals surface area (Å²) in [5, 5.41) is 0.856. The minimum absolute atomic E-state index is 0.0722. The highest BCUT2D eigenvalue weighted by Crippen LogP contribution is 2.39. The van der Waals surface area contributed by atoms with E-state index in [0.29, 0.717) is 48.6 Å². The van der Waals surface area contributed by atoms with Gasteiger partial charge in [0.1, 0.15) is 17.9 Å². The molecule has 2 heterocycles. The fourth-order valence-corrected chi connectivity index (χ4v) is 5.12. The van der Waals surface area contributed by atoms with Gasteiger partial charge >= 0.3 is 5.63 Å². The molecule has 0 saturated heterocycles. The van der Waals surface area contributed by atoms with E-state index < -0.39 is 5.63 Å². The maximum Gasteiger partial charge on any atom is 0.336 e. The van der Waals surface area contributed by atoms with Crippen molar-refractivity contribution in [3.8, 4) is 17.2 Å². The molecule has 0 bridgehead atoms. The Morgan fingerprint density at radius 2 is 1.76 bits per heavy atom. The molecule has 38 heavy (non-hydrogen) atoms. The second-order valence-electron chi connectivity index (χ2n) is 9.46. The van der Waals surface area contributed by atoms with Crippen molar-refractivity contribution < 1.29 is 23.4 Å². The van der Waals surface area contributed by atoms with Gasteiger partial charge in [0.15, 0.2) is 11.5 Å².